The Kier molecular flexibility index (Phi) is 27.3. The van der Waals surface area contributed by atoms with Crippen LogP contribution in [0.2, 0.25) is 0 Å². The van der Waals surface area contributed by atoms with Gasteiger partial charge in [0.05, 0.1) is 36.4 Å². The molecular weight excluding hydrogens is 929 g/mol. The molecule has 0 N–H and O–H groups in total. The third-order valence-electron chi connectivity index (χ3n) is 12.7. The second-order valence-electron chi connectivity index (χ2n) is 18.2. The van der Waals surface area contributed by atoms with Crippen molar-refractivity contribution in [3.8, 4) is 59.4 Å². The molecule has 74 heavy (non-hydrogen) atoms. The van der Waals surface area contributed by atoms with E-state index in [0.29, 0.717) is 130 Å². The Morgan fingerprint density at radius 2 is 0.446 bits per heavy atom. The van der Waals surface area contributed by atoms with Gasteiger partial charge in [-0.2, -0.15) is 31.6 Å². The maximum atomic E-state index is 9.50. The highest BCUT2D eigenvalue weighted by molar-refractivity contribution is 5.30. The smallest absolute Gasteiger partial charge is 0.122 e. The highest BCUT2D eigenvalue weighted by Crippen LogP contribution is 2.19. The Morgan fingerprint density at radius 3 is 0.635 bits per heavy atom. The summed E-state index contributed by atoms with van der Waals surface area (Å²) in [6.45, 7) is 13.8. The summed E-state index contributed by atoms with van der Waals surface area (Å²) in [6, 6.07) is 45.9. The molecule has 7 aliphatic heterocycles. The maximum absolute atomic E-state index is 9.50. The van der Waals surface area contributed by atoms with E-state index in [4.69, 9.17) is 18.9 Å². The van der Waals surface area contributed by atoms with Gasteiger partial charge in [0.25, 0.3) is 0 Å². The van der Waals surface area contributed by atoms with E-state index in [1.807, 2.05) is 48.5 Å². The lowest BCUT2D eigenvalue weighted by molar-refractivity contribution is 0.173. The van der Waals surface area contributed by atoms with E-state index in [1.165, 1.54) is 0 Å². The third kappa shape index (κ3) is 23.1. The van der Waals surface area contributed by atoms with E-state index in [1.54, 1.807) is 0 Å². The van der Waals surface area contributed by atoms with Crippen LogP contribution in [0, 0.1) is 68.0 Å². The molecule has 7 heterocycles. The van der Waals surface area contributed by atoms with Gasteiger partial charge < -0.3 is 18.9 Å². The van der Waals surface area contributed by atoms with Crippen molar-refractivity contribution < 1.29 is 18.9 Å². The molecule has 0 radical (unpaired) electrons. The standard InChI is InChI=1S/C58H72N12O4/c59-23-1-29-65-35-39-67(31-3-25-61)47-51-7-15-55(16-8-51)71-43-45-73-57-19-11-53(12-20-57)49-69(33-5-27-63)41-37-66(30-2-24-60)38-42-70(34-6-28-64)50-54-13-21-58(22-14-54)74-46-44-72-56-17-9-52(10-18-56)48-68(40-36-65)32-4-26-62/h7-22H,1-6,29-50H2. The lowest BCUT2D eigenvalue weighted by atomic mass is 10.2. The molecule has 0 saturated heterocycles. The molecule has 7 aliphatic rings. The summed E-state index contributed by atoms with van der Waals surface area (Å²) in [4.78, 5) is 13.7. The minimum atomic E-state index is 0.367. The molecule has 4 aromatic rings. The van der Waals surface area contributed by atoms with Crippen LogP contribution in [0.4, 0.5) is 0 Å². The first-order valence-electron chi connectivity index (χ1n) is 25.8. The van der Waals surface area contributed by atoms with Gasteiger partial charge in [-0.25, -0.2) is 0 Å². The molecular formula is C58H72N12O4. The second kappa shape index (κ2) is 35.0. The molecule has 0 aromatic heterocycles. The Morgan fingerprint density at radius 1 is 0.270 bits per heavy atom. The molecule has 0 atom stereocenters. The highest BCUT2D eigenvalue weighted by Gasteiger charge is 2.16. The van der Waals surface area contributed by atoms with Crippen LogP contribution in [0.1, 0.15) is 60.8 Å². The summed E-state index contributed by atoms with van der Waals surface area (Å²) in [5, 5.41) is 56.9. The summed E-state index contributed by atoms with van der Waals surface area (Å²) >= 11 is 0. The van der Waals surface area contributed by atoms with Gasteiger partial charge >= 0.3 is 0 Å². The lowest BCUT2D eigenvalue weighted by Crippen LogP contribution is -2.40. The average molecular weight is 1000 g/mol. The number of nitrogens with zero attached hydrogens (tertiary/aromatic N) is 12. The molecule has 0 saturated carbocycles. The largest absolute Gasteiger partial charge is 0.490 e. The van der Waals surface area contributed by atoms with Crippen molar-refractivity contribution >= 4 is 0 Å². The van der Waals surface area contributed by atoms with Crippen molar-refractivity contribution in [1.29, 1.82) is 31.6 Å². The minimum absolute atomic E-state index is 0.367. The predicted octanol–water partition coefficient (Wildman–Crippen LogP) is 7.61. The topological polar surface area (TPSA) is 199 Å². The van der Waals surface area contributed by atoms with Gasteiger partial charge in [0, 0.05) is 156 Å². The molecule has 16 heteroatoms. The van der Waals surface area contributed by atoms with E-state index in [-0.39, 0.29) is 0 Å². The van der Waals surface area contributed by atoms with Gasteiger partial charge in [0.1, 0.15) is 49.4 Å². The van der Waals surface area contributed by atoms with Crippen LogP contribution in [0.15, 0.2) is 97.1 Å². The fourth-order valence-corrected chi connectivity index (χ4v) is 8.57. The van der Waals surface area contributed by atoms with E-state index in [0.717, 1.165) is 97.6 Å². The van der Waals surface area contributed by atoms with Crippen LogP contribution in [0.5, 0.6) is 23.0 Å². The first-order valence-corrected chi connectivity index (χ1v) is 25.8. The van der Waals surface area contributed by atoms with Crippen LogP contribution in [0.25, 0.3) is 0 Å². The van der Waals surface area contributed by atoms with Crippen LogP contribution in [-0.2, 0) is 26.2 Å². The average Bonchev–Trinajstić information content (AvgIpc) is 3.43. The van der Waals surface area contributed by atoms with Crippen LogP contribution >= 0.6 is 0 Å². The Bertz CT molecular complexity index is 2120. The van der Waals surface area contributed by atoms with Crippen LogP contribution in [-0.4, -0.2) is 147 Å². The van der Waals surface area contributed by atoms with Crippen molar-refractivity contribution in [3.05, 3.63) is 119 Å². The molecule has 11 rings (SSSR count). The van der Waals surface area contributed by atoms with Crippen LogP contribution < -0.4 is 18.9 Å². The summed E-state index contributed by atoms with van der Waals surface area (Å²) < 4.78 is 24.2. The number of rotatable bonds is 12. The molecule has 0 unspecified atom stereocenters. The van der Waals surface area contributed by atoms with Crippen molar-refractivity contribution in [3.63, 3.8) is 0 Å². The minimum Gasteiger partial charge on any atom is -0.490 e. The first kappa shape index (κ1) is 57.7. The van der Waals surface area contributed by atoms with Gasteiger partial charge in [0.15, 0.2) is 0 Å². The van der Waals surface area contributed by atoms with E-state index in [9.17, 15) is 31.6 Å². The zero-order valence-corrected chi connectivity index (χ0v) is 43.0. The molecule has 16 nitrogen and oxygen atoms in total. The number of ether oxygens (including phenoxy) is 4. The normalized spacial score (nSPS) is 16.5. The molecule has 0 spiro atoms. The predicted molar refractivity (Wildman–Crippen MR) is 283 cm³/mol. The maximum Gasteiger partial charge on any atom is 0.122 e. The summed E-state index contributed by atoms with van der Waals surface area (Å²) in [6.07, 6.45) is 2.46. The SMILES string of the molecule is N#CCCN1CCN(CCC#N)Cc2ccc(cc2)OCCOc2ccc(cc2)CN(CCC#N)CCN(CCC#N)CCN(CCC#N)Cc2ccc(cc2)OCCOc2ccc(cc2)CN(CCC#N)CC1. The Hall–Kier alpha value is -7.22. The van der Waals surface area contributed by atoms with Gasteiger partial charge in [-0.1, -0.05) is 48.5 Å². The number of hydrogen-bond donors (Lipinski definition) is 0. The second-order valence-corrected chi connectivity index (χ2v) is 18.2. The van der Waals surface area contributed by atoms with Crippen molar-refractivity contribution in [2.45, 2.75) is 64.7 Å². The van der Waals surface area contributed by atoms with Gasteiger partial charge in [-0.05, 0) is 70.8 Å². The summed E-state index contributed by atoms with van der Waals surface area (Å²) in [7, 11) is 0. The van der Waals surface area contributed by atoms with Crippen molar-refractivity contribution in [1.82, 2.24) is 29.4 Å². The first-order chi connectivity index (χ1) is 36.4. The van der Waals surface area contributed by atoms with Gasteiger partial charge in [-0.15, -0.1) is 0 Å². The molecule has 0 aliphatic carbocycles. The van der Waals surface area contributed by atoms with E-state index >= 15 is 0 Å². The van der Waals surface area contributed by atoms with Gasteiger partial charge in [-0.3, -0.25) is 29.4 Å². The zero-order valence-electron chi connectivity index (χ0n) is 43.0. The summed E-state index contributed by atoms with van der Waals surface area (Å²) in [5.41, 5.74) is 4.43. The number of hydrogen-bond acceptors (Lipinski definition) is 16. The molecule has 4 aromatic carbocycles. The molecule has 388 valence electrons. The van der Waals surface area contributed by atoms with Gasteiger partial charge in [0.2, 0.25) is 0 Å². The van der Waals surface area contributed by atoms with Crippen molar-refractivity contribution in [2.75, 3.05) is 118 Å². The molecule has 0 fully saturated rings. The number of nitriles is 6. The molecule has 8 bridgehead atoms. The number of benzene rings is 4. The third-order valence-corrected chi connectivity index (χ3v) is 12.7. The summed E-state index contributed by atoms with van der Waals surface area (Å²) in [5.74, 6) is 2.96. The Balaban J connectivity index is 1.28. The highest BCUT2D eigenvalue weighted by atomic mass is 16.5. The fraction of sp³-hybridized carbons (Fsp3) is 0.483. The van der Waals surface area contributed by atoms with E-state index < -0.39 is 0 Å². The lowest BCUT2D eigenvalue weighted by Gasteiger charge is -2.29. The molecule has 0 amide bonds. The Labute approximate surface area is 439 Å². The van der Waals surface area contributed by atoms with E-state index in [2.05, 4.69) is 114 Å². The van der Waals surface area contributed by atoms with Crippen molar-refractivity contribution in [2.24, 2.45) is 0 Å². The monoisotopic (exact) mass is 1000 g/mol. The zero-order chi connectivity index (χ0) is 52.3. The quantitative estimate of drug-likeness (QED) is 0.134. The van der Waals surface area contributed by atoms with Crippen LogP contribution in [0.3, 0.4) is 0 Å². The fourth-order valence-electron chi connectivity index (χ4n) is 8.57.